The molecule has 2 saturated heterocycles. The molecule has 3 heterocycles. The lowest BCUT2D eigenvalue weighted by molar-refractivity contribution is 0.0274. The van der Waals surface area contributed by atoms with E-state index in [9.17, 15) is 23.1 Å². The number of nitrogens with one attached hydrogen (secondary N) is 2. The average Bonchev–Trinajstić information content (AvgIpc) is 3.43. The average molecular weight is 696 g/mol. The Labute approximate surface area is 287 Å². The smallest absolute Gasteiger partial charge is 0.410 e. The van der Waals surface area contributed by atoms with Crippen molar-refractivity contribution >= 4 is 28.0 Å². The van der Waals surface area contributed by atoms with Crippen molar-refractivity contribution in [3.05, 3.63) is 65.2 Å². The van der Waals surface area contributed by atoms with Crippen LogP contribution in [0.15, 0.2) is 53.4 Å². The van der Waals surface area contributed by atoms with Gasteiger partial charge in [-0.05, 0) is 95.7 Å². The number of hydrogen-bond donors (Lipinski definition) is 3. The molecule has 264 valence electrons. The van der Waals surface area contributed by atoms with Gasteiger partial charge >= 0.3 is 12.1 Å². The molecule has 2 atom stereocenters. The Kier molecular flexibility index (Phi) is 11.1. The number of ether oxygens (including phenoxy) is 3. The summed E-state index contributed by atoms with van der Waals surface area (Å²) in [5.41, 5.74) is 2.20. The molecule has 0 bridgehead atoms. The van der Waals surface area contributed by atoms with E-state index in [1.807, 2.05) is 52.8 Å². The summed E-state index contributed by atoms with van der Waals surface area (Å²) in [5.74, 6) is -0.842. The highest BCUT2D eigenvalue weighted by Crippen LogP contribution is 2.31. The number of nitrogens with zero attached hydrogens (tertiary/aromatic N) is 3. The van der Waals surface area contributed by atoms with Crippen LogP contribution in [0, 0.1) is 19.8 Å². The molecule has 0 unspecified atom stereocenters. The molecule has 5 rings (SSSR count). The lowest BCUT2D eigenvalue weighted by Gasteiger charge is -2.25. The molecule has 14 heteroatoms. The van der Waals surface area contributed by atoms with E-state index in [0.717, 1.165) is 61.8 Å². The van der Waals surface area contributed by atoms with Crippen LogP contribution in [0.1, 0.15) is 61.5 Å². The lowest BCUT2D eigenvalue weighted by Crippen LogP contribution is -2.43. The van der Waals surface area contributed by atoms with Crippen LogP contribution in [-0.4, -0.2) is 91.0 Å². The van der Waals surface area contributed by atoms with Crippen LogP contribution >= 0.6 is 0 Å². The van der Waals surface area contributed by atoms with Gasteiger partial charge in [-0.1, -0.05) is 24.3 Å². The van der Waals surface area contributed by atoms with Gasteiger partial charge in [-0.3, -0.25) is 0 Å². The molecule has 0 saturated carbocycles. The normalized spacial score (nSPS) is 18.7. The third-order valence-electron chi connectivity index (χ3n) is 8.55. The third-order valence-corrected chi connectivity index (χ3v) is 9.87. The first-order valence-electron chi connectivity index (χ1n) is 16.5. The number of aromatic nitrogens is 2. The maximum absolute atomic E-state index is 13.4. The number of aryl methyl sites for hydroxylation is 2. The number of carbonyl (C=O) groups excluding carboxylic acids is 1. The largest absolute Gasteiger partial charge is 0.478 e. The molecule has 2 fully saturated rings. The van der Waals surface area contributed by atoms with Crippen LogP contribution in [-0.2, 0) is 19.5 Å². The number of likely N-dealkylation sites (tertiary alicyclic amines) is 1. The van der Waals surface area contributed by atoms with Crippen molar-refractivity contribution < 1.29 is 37.3 Å². The van der Waals surface area contributed by atoms with Crippen LogP contribution in [0.2, 0.25) is 0 Å². The molecule has 2 aliphatic rings. The molecule has 1 aromatic heterocycles. The minimum atomic E-state index is -4.29. The zero-order valence-electron chi connectivity index (χ0n) is 28.6. The Morgan fingerprint density at radius 2 is 1.71 bits per heavy atom. The van der Waals surface area contributed by atoms with Crippen molar-refractivity contribution in [1.82, 2.24) is 20.2 Å². The van der Waals surface area contributed by atoms with E-state index in [0.29, 0.717) is 18.2 Å². The van der Waals surface area contributed by atoms with Crippen LogP contribution in [0.25, 0.3) is 11.3 Å². The van der Waals surface area contributed by atoms with Gasteiger partial charge in [0.1, 0.15) is 11.7 Å². The van der Waals surface area contributed by atoms with Gasteiger partial charge in [0.15, 0.2) is 0 Å². The first-order chi connectivity index (χ1) is 23.2. The van der Waals surface area contributed by atoms with Crippen LogP contribution in [0.3, 0.4) is 0 Å². The second-order valence-corrected chi connectivity index (χ2v) is 15.2. The number of aromatic carboxylic acids is 1. The fourth-order valence-electron chi connectivity index (χ4n) is 6.08. The first-order valence-corrected chi connectivity index (χ1v) is 17.9. The quantitative estimate of drug-likeness (QED) is 0.246. The number of carbonyl (C=O) groups is 2. The molecule has 1 amide bonds. The number of sulfonamides is 1. The summed E-state index contributed by atoms with van der Waals surface area (Å²) in [5, 5.41) is 13.0. The molecule has 0 aliphatic carbocycles. The van der Waals surface area contributed by atoms with E-state index in [4.69, 9.17) is 14.2 Å². The van der Waals surface area contributed by atoms with Crippen LogP contribution in [0.4, 0.5) is 10.7 Å². The van der Waals surface area contributed by atoms with Crippen molar-refractivity contribution in [2.45, 2.75) is 76.5 Å². The predicted octanol–water partition coefficient (Wildman–Crippen LogP) is 5.03. The zero-order valence-corrected chi connectivity index (χ0v) is 29.4. The first kappa shape index (κ1) is 36.0. The third kappa shape index (κ3) is 9.46. The van der Waals surface area contributed by atoms with Crippen molar-refractivity contribution in [3.8, 4) is 17.1 Å². The number of carboxylic acids is 1. The van der Waals surface area contributed by atoms with E-state index < -0.39 is 33.8 Å². The number of rotatable bonds is 11. The number of amides is 1. The van der Waals surface area contributed by atoms with Gasteiger partial charge in [0.05, 0.1) is 28.7 Å². The molecule has 0 spiro atoms. The van der Waals surface area contributed by atoms with Crippen LogP contribution in [0.5, 0.6) is 5.88 Å². The summed E-state index contributed by atoms with van der Waals surface area (Å²) >= 11 is 0. The summed E-state index contributed by atoms with van der Waals surface area (Å²) in [6.45, 7) is 12.1. The number of hydrogen-bond acceptors (Lipinski definition) is 10. The van der Waals surface area contributed by atoms with Crippen LogP contribution < -0.4 is 14.8 Å². The molecule has 13 nitrogen and oxygen atoms in total. The van der Waals surface area contributed by atoms with Gasteiger partial charge < -0.3 is 29.5 Å². The fraction of sp³-hybridized carbons (Fsp3) is 0.486. The SMILES string of the molecule is Cc1cccc(C)c1-c1cc(O[C@@H]2CN(C(=O)OC(C)(C)C)C[C@H]2NCCC2CCOCC2)nc(NS(=O)(=O)c2cccc(C(=O)O)c2)n1. The summed E-state index contributed by atoms with van der Waals surface area (Å²) < 4.78 is 47.0. The Morgan fingerprint density at radius 3 is 2.39 bits per heavy atom. The molecule has 3 aromatic rings. The van der Waals surface area contributed by atoms with Gasteiger partial charge in [0, 0.05) is 31.4 Å². The van der Waals surface area contributed by atoms with Gasteiger partial charge in [-0.2, -0.15) is 4.98 Å². The van der Waals surface area contributed by atoms with E-state index in [-0.39, 0.29) is 34.9 Å². The maximum atomic E-state index is 13.4. The number of anilines is 1. The maximum Gasteiger partial charge on any atom is 0.410 e. The lowest BCUT2D eigenvalue weighted by atomic mass is 9.96. The van der Waals surface area contributed by atoms with Gasteiger partial charge in [0.2, 0.25) is 11.8 Å². The van der Waals surface area contributed by atoms with E-state index >= 15 is 0 Å². The number of carboxylic acid groups (broad SMARTS) is 1. The van der Waals surface area contributed by atoms with Crippen molar-refractivity contribution in [2.24, 2.45) is 5.92 Å². The van der Waals surface area contributed by atoms with Crippen molar-refractivity contribution in [1.29, 1.82) is 0 Å². The Bertz CT molecular complexity index is 1750. The number of benzene rings is 2. The summed E-state index contributed by atoms with van der Waals surface area (Å²) in [6, 6.07) is 12.2. The van der Waals surface area contributed by atoms with Gasteiger partial charge in [-0.15, -0.1) is 0 Å². The van der Waals surface area contributed by atoms with Crippen molar-refractivity contribution in [2.75, 3.05) is 37.6 Å². The fourth-order valence-corrected chi connectivity index (χ4v) is 7.07. The highest BCUT2D eigenvalue weighted by molar-refractivity contribution is 7.92. The van der Waals surface area contributed by atoms with Gasteiger partial charge in [-0.25, -0.2) is 27.7 Å². The molecule has 2 aliphatic heterocycles. The Balaban J connectivity index is 1.46. The second-order valence-electron chi connectivity index (χ2n) is 13.6. The van der Waals surface area contributed by atoms with E-state index in [1.54, 1.807) is 11.0 Å². The standard InChI is InChI=1S/C35H45N5O8S/c1-22-8-6-9-23(2)31(22)27-19-30(38-33(37-27)39-49(44,45)26-11-7-10-25(18-26)32(41)42)47-29-21-40(34(43)48-35(3,4)5)20-28(29)36-15-12-24-13-16-46-17-14-24/h6-11,18-19,24,28-29,36H,12-17,20-21H2,1-5H3,(H,41,42)(H,37,38,39)/t28-,29-/m1/s1. The molecular formula is C35H45N5O8S. The summed E-state index contributed by atoms with van der Waals surface area (Å²) in [6.07, 6.45) is 1.98. The van der Waals surface area contributed by atoms with E-state index in [1.165, 1.54) is 18.2 Å². The Hall–Kier alpha value is -4.27. The second kappa shape index (κ2) is 15.1. The predicted molar refractivity (Wildman–Crippen MR) is 183 cm³/mol. The Morgan fingerprint density at radius 1 is 1.02 bits per heavy atom. The van der Waals surface area contributed by atoms with E-state index in [2.05, 4.69) is 20.0 Å². The minimum Gasteiger partial charge on any atom is -0.478 e. The molecule has 49 heavy (non-hydrogen) atoms. The molecule has 3 N–H and O–H groups in total. The molecule has 0 radical (unpaired) electrons. The zero-order chi connectivity index (χ0) is 35.3. The van der Waals surface area contributed by atoms with Gasteiger partial charge in [0.25, 0.3) is 10.0 Å². The van der Waals surface area contributed by atoms with Crippen molar-refractivity contribution in [3.63, 3.8) is 0 Å². The monoisotopic (exact) mass is 695 g/mol. The minimum absolute atomic E-state index is 0.108. The highest BCUT2D eigenvalue weighted by atomic mass is 32.2. The summed E-state index contributed by atoms with van der Waals surface area (Å²) in [7, 11) is -4.29. The topological polar surface area (TPSA) is 169 Å². The summed E-state index contributed by atoms with van der Waals surface area (Å²) in [4.78, 5) is 35.0. The molecular weight excluding hydrogens is 650 g/mol. The highest BCUT2D eigenvalue weighted by Gasteiger charge is 2.39. The molecule has 2 aromatic carbocycles.